The van der Waals surface area contributed by atoms with Gasteiger partial charge in [-0.15, -0.1) is 0 Å². The Hall–Kier alpha value is -2.22. The molecule has 1 saturated heterocycles. The van der Waals surface area contributed by atoms with Crippen molar-refractivity contribution in [2.45, 2.75) is 12.5 Å². The second-order valence-electron chi connectivity index (χ2n) is 5.02. The molecule has 8 heteroatoms. The molecule has 0 aliphatic carbocycles. The lowest BCUT2D eigenvalue weighted by molar-refractivity contribution is 0.0937. The van der Waals surface area contributed by atoms with Crippen LogP contribution in [0.3, 0.4) is 0 Å². The van der Waals surface area contributed by atoms with Crippen LogP contribution < -0.4 is 10.9 Å². The highest BCUT2D eigenvalue weighted by molar-refractivity contribution is 7.91. The zero-order valence-corrected chi connectivity index (χ0v) is 11.8. The summed E-state index contributed by atoms with van der Waals surface area (Å²) in [5, 5.41) is 9.54. The number of sulfone groups is 1. The van der Waals surface area contributed by atoms with Gasteiger partial charge in [0.15, 0.2) is 15.5 Å². The lowest BCUT2D eigenvalue weighted by Gasteiger charge is -2.11. The molecule has 0 radical (unpaired) electrons. The van der Waals surface area contributed by atoms with E-state index in [0.29, 0.717) is 17.2 Å². The molecule has 21 heavy (non-hydrogen) atoms. The molecule has 1 aliphatic heterocycles. The third-order valence-corrected chi connectivity index (χ3v) is 5.25. The molecule has 0 unspecified atom stereocenters. The monoisotopic (exact) mass is 307 g/mol. The van der Waals surface area contributed by atoms with Crippen molar-refractivity contribution in [1.82, 2.24) is 15.5 Å². The summed E-state index contributed by atoms with van der Waals surface area (Å²) in [6.07, 6.45) is 0.398. The maximum Gasteiger partial charge on any atom is 0.272 e. The molecule has 110 valence electrons. The normalized spacial score (nSPS) is 20.5. The fraction of sp³-hybridized carbons (Fsp3) is 0.308. The number of benzene rings is 1. The average molecular weight is 307 g/mol. The van der Waals surface area contributed by atoms with Crippen molar-refractivity contribution in [3.63, 3.8) is 0 Å². The van der Waals surface area contributed by atoms with Crippen LogP contribution in [0.2, 0.25) is 0 Å². The van der Waals surface area contributed by atoms with Gasteiger partial charge in [0, 0.05) is 11.4 Å². The second kappa shape index (κ2) is 4.96. The molecule has 2 N–H and O–H groups in total. The van der Waals surface area contributed by atoms with Crippen molar-refractivity contribution in [2.75, 3.05) is 11.5 Å². The van der Waals surface area contributed by atoms with Crippen molar-refractivity contribution >= 4 is 26.5 Å². The second-order valence-corrected chi connectivity index (χ2v) is 7.25. The van der Waals surface area contributed by atoms with E-state index >= 15 is 0 Å². The fourth-order valence-electron chi connectivity index (χ4n) is 2.45. The average Bonchev–Trinajstić information content (AvgIpc) is 2.78. The number of carbonyl (C=O) groups excluding carboxylic acids is 1. The van der Waals surface area contributed by atoms with Crippen molar-refractivity contribution in [2.24, 2.45) is 0 Å². The number of aromatic amines is 1. The summed E-state index contributed by atoms with van der Waals surface area (Å²) < 4.78 is 22.8. The number of aromatic nitrogens is 2. The van der Waals surface area contributed by atoms with Crippen molar-refractivity contribution in [3.05, 3.63) is 40.3 Å². The first-order chi connectivity index (χ1) is 9.96. The summed E-state index contributed by atoms with van der Waals surface area (Å²) in [6.45, 7) is 0. The van der Waals surface area contributed by atoms with Gasteiger partial charge >= 0.3 is 0 Å². The highest BCUT2D eigenvalue weighted by Crippen LogP contribution is 2.15. The molecular weight excluding hydrogens is 294 g/mol. The minimum atomic E-state index is -3.07. The molecule has 0 saturated carbocycles. The van der Waals surface area contributed by atoms with Crippen LogP contribution in [0, 0.1) is 0 Å². The molecule has 0 bridgehead atoms. The van der Waals surface area contributed by atoms with Crippen LogP contribution in [0.15, 0.2) is 29.1 Å². The van der Waals surface area contributed by atoms with Gasteiger partial charge in [-0.3, -0.25) is 9.59 Å². The molecule has 1 amide bonds. The summed E-state index contributed by atoms with van der Waals surface area (Å²) in [4.78, 5) is 23.9. The van der Waals surface area contributed by atoms with Gasteiger partial charge in [0.2, 0.25) is 0 Å². The molecule has 1 aromatic carbocycles. The molecule has 1 fully saturated rings. The lowest BCUT2D eigenvalue weighted by Crippen LogP contribution is -2.36. The van der Waals surface area contributed by atoms with Gasteiger partial charge in [-0.25, -0.2) is 13.5 Å². The van der Waals surface area contributed by atoms with E-state index in [2.05, 4.69) is 15.5 Å². The van der Waals surface area contributed by atoms with Crippen LogP contribution >= 0.6 is 0 Å². The summed E-state index contributed by atoms with van der Waals surface area (Å²) in [6, 6.07) is 6.24. The number of nitrogens with one attached hydrogen (secondary N) is 2. The minimum absolute atomic E-state index is 0.0555. The molecular formula is C13H13N3O4S. The largest absolute Gasteiger partial charge is 0.347 e. The number of nitrogens with zero attached hydrogens (tertiary/aromatic N) is 1. The number of amides is 1. The van der Waals surface area contributed by atoms with E-state index in [1.165, 1.54) is 0 Å². The molecule has 1 aliphatic rings. The molecule has 2 aromatic rings. The van der Waals surface area contributed by atoms with E-state index in [1.807, 2.05) is 0 Å². The van der Waals surface area contributed by atoms with Crippen LogP contribution in [0.5, 0.6) is 0 Å². The van der Waals surface area contributed by atoms with Gasteiger partial charge in [-0.2, -0.15) is 5.10 Å². The maximum atomic E-state index is 12.2. The van der Waals surface area contributed by atoms with Crippen LogP contribution in [-0.2, 0) is 9.84 Å². The highest BCUT2D eigenvalue weighted by atomic mass is 32.2. The molecule has 1 atom stereocenters. The Kier molecular flexibility index (Phi) is 3.25. The topological polar surface area (TPSA) is 109 Å². The number of H-pyrrole nitrogens is 1. The first-order valence-corrected chi connectivity index (χ1v) is 8.27. The van der Waals surface area contributed by atoms with Crippen LogP contribution in [0.4, 0.5) is 0 Å². The van der Waals surface area contributed by atoms with Gasteiger partial charge < -0.3 is 5.32 Å². The minimum Gasteiger partial charge on any atom is -0.347 e. The van der Waals surface area contributed by atoms with Crippen molar-refractivity contribution in [3.8, 4) is 0 Å². The Bertz CT molecular complexity index is 872. The molecule has 2 heterocycles. The third kappa shape index (κ3) is 2.66. The highest BCUT2D eigenvalue weighted by Gasteiger charge is 2.29. The van der Waals surface area contributed by atoms with Gasteiger partial charge in [0.25, 0.3) is 11.5 Å². The molecule has 0 spiro atoms. The van der Waals surface area contributed by atoms with E-state index in [1.54, 1.807) is 24.3 Å². The van der Waals surface area contributed by atoms with E-state index in [9.17, 15) is 18.0 Å². The first-order valence-electron chi connectivity index (χ1n) is 6.45. The molecule has 3 rings (SSSR count). The van der Waals surface area contributed by atoms with E-state index in [4.69, 9.17) is 0 Å². The Morgan fingerprint density at radius 2 is 2.00 bits per heavy atom. The van der Waals surface area contributed by atoms with E-state index in [-0.39, 0.29) is 22.8 Å². The number of fused-ring (bicyclic) bond motifs is 1. The standard InChI is InChI=1S/C13H13N3O4S/c17-12-10-4-2-1-3-9(10)11(15-16-12)13(18)14-8-5-6-21(19,20)7-8/h1-4,8H,5-7H2,(H,14,18)(H,16,17)/t8-/m0/s1. The van der Waals surface area contributed by atoms with E-state index in [0.717, 1.165) is 0 Å². The number of hydrogen-bond donors (Lipinski definition) is 2. The van der Waals surface area contributed by atoms with Gasteiger partial charge in [0.05, 0.1) is 16.9 Å². The molecule has 7 nitrogen and oxygen atoms in total. The first kappa shape index (κ1) is 13.7. The Balaban J connectivity index is 1.92. The Morgan fingerprint density at radius 3 is 2.67 bits per heavy atom. The Labute approximate surface area is 120 Å². The third-order valence-electron chi connectivity index (χ3n) is 3.48. The van der Waals surface area contributed by atoms with Gasteiger partial charge in [-0.1, -0.05) is 18.2 Å². The van der Waals surface area contributed by atoms with Gasteiger partial charge in [-0.05, 0) is 12.5 Å². The fourth-order valence-corrected chi connectivity index (χ4v) is 4.12. The number of carbonyl (C=O) groups is 1. The summed E-state index contributed by atoms with van der Waals surface area (Å²) >= 11 is 0. The summed E-state index contributed by atoms with van der Waals surface area (Å²) in [5.41, 5.74) is -0.278. The number of rotatable bonds is 2. The van der Waals surface area contributed by atoms with Crippen LogP contribution in [0.25, 0.3) is 10.8 Å². The van der Waals surface area contributed by atoms with Gasteiger partial charge in [0.1, 0.15) is 0 Å². The van der Waals surface area contributed by atoms with Crippen LogP contribution in [-0.4, -0.2) is 42.1 Å². The number of hydrogen-bond acceptors (Lipinski definition) is 5. The van der Waals surface area contributed by atoms with Crippen LogP contribution in [0.1, 0.15) is 16.9 Å². The maximum absolute atomic E-state index is 12.2. The smallest absolute Gasteiger partial charge is 0.272 e. The predicted molar refractivity (Wildman–Crippen MR) is 76.9 cm³/mol. The SMILES string of the molecule is O=C(N[C@H]1CCS(=O)(=O)C1)c1n[nH]c(=O)c2ccccc12. The zero-order chi connectivity index (χ0) is 15.0. The van der Waals surface area contributed by atoms with Crippen molar-refractivity contribution < 1.29 is 13.2 Å². The predicted octanol–water partition coefficient (Wildman–Crippen LogP) is -0.160. The zero-order valence-electron chi connectivity index (χ0n) is 11.0. The van der Waals surface area contributed by atoms with Crippen molar-refractivity contribution in [1.29, 1.82) is 0 Å². The summed E-state index contributed by atoms with van der Waals surface area (Å²) in [5.74, 6) is -0.456. The quantitative estimate of drug-likeness (QED) is 0.801. The molecule has 1 aromatic heterocycles. The lowest BCUT2D eigenvalue weighted by atomic mass is 10.1. The Morgan fingerprint density at radius 1 is 1.29 bits per heavy atom. The summed E-state index contributed by atoms with van der Waals surface area (Å²) in [7, 11) is -3.07. The van der Waals surface area contributed by atoms with E-state index < -0.39 is 21.8 Å².